The van der Waals surface area contributed by atoms with E-state index in [0.717, 1.165) is 20.8 Å². The van der Waals surface area contributed by atoms with Crippen molar-refractivity contribution in [3.8, 4) is 11.6 Å². The molecule has 1 amide bonds. The van der Waals surface area contributed by atoms with E-state index in [-0.39, 0.29) is 24.4 Å². The van der Waals surface area contributed by atoms with Gasteiger partial charge >= 0.3 is 0 Å². The van der Waals surface area contributed by atoms with Gasteiger partial charge in [0.1, 0.15) is 10.6 Å². The number of amides is 1. The van der Waals surface area contributed by atoms with E-state index in [0.29, 0.717) is 22.7 Å². The maximum Gasteiger partial charge on any atom is 0.262 e. The van der Waals surface area contributed by atoms with E-state index >= 15 is 0 Å². The standard InChI is InChI=1S/C23H22N4O3S/c1-14-4-9-20(24-12-14)30-18-7-5-17(6-8-18)26-19(28)10-11-27-13-25-22-21(23(27)29)15(2)16(3)31-22/h4-9,12-13H,10-11H2,1-3H3,(H,26,28). The van der Waals surface area contributed by atoms with Crippen LogP contribution in [0.5, 0.6) is 11.6 Å². The summed E-state index contributed by atoms with van der Waals surface area (Å²) in [6.45, 7) is 6.13. The van der Waals surface area contributed by atoms with Crippen LogP contribution in [-0.4, -0.2) is 20.4 Å². The van der Waals surface area contributed by atoms with E-state index in [1.54, 1.807) is 36.5 Å². The minimum Gasteiger partial charge on any atom is -0.439 e. The van der Waals surface area contributed by atoms with E-state index in [1.165, 1.54) is 22.2 Å². The molecule has 31 heavy (non-hydrogen) atoms. The second-order valence-corrected chi connectivity index (χ2v) is 8.51. The minimum atomic E-state index is -0.181. The lowest BCUT2D eigenvalue weighted by molar-refractivity contribution is -0.116. The molecule has 0 saturated heterocycles. The second-order valence-electron chi connectivity index (χ2n) is 7.30. The fraction of sp³-hybridized carbons (Fsp3) is 0.217. The summed E-state index contributed by atoms with van der Waals surface area (Å²) in [7, 11) is 0. The predicted octanol–water partition coefficient (Wildman–Crippen LogP) is 4.60. The molecule has 4 rings (SSSR count). The molecule has 4 aromatic rings. The molecule has 0 spiro atoms. The molecular formula is C23H22N4O3S. The first-order valence-electron chi connectivity index (χ1n) is 9.86. The number of carbonyl (C=O) groups excluding carboxylic acids is 1. The summed E-state index contributed by atoms with van der Waals surface area (Å²) in [5, 5.41) is 3.48. The van der Waals surface area contributed by atoms with Gasteiger partial charge in [0.15, 0.2) is 0 Å². The van der Waals surface area contributed by atoms with Crippen LogP contribution in [0.3, 0.4) is 0 Å². The van der Waals surface area contributed by atoms with Crippen LogP contribution in [-0.2, 0) is 11.3 Å². The van der Waals surface area contributed by atoms with Crippen LogP contribution < -0.4 is 15.6 Å². The molecule has 3 aromatic heterocycles. The smallest absolute Gasteiger partial charge is 0.262 e. The number of benzene rings is 1. The zero-order valence-corrected chi connectivity index (χ0v) is 18.3. The summed E-state index contributed by atoms with van der Waals surface area (Å²) >= 11 is 1.51. The summed E-state index contributed by atoms with van der Waals surface area (Å²) in [5.41, 5.74) is 2.56. The number of aryl methyl sites for hydroxylation is 4. The van der Waals surface area contributed by atoms with Gasteiger partial charge in [-0.2, -0.15) is 0 Å². The van der Waals surface area contributed by atoms with E-state index < -0.39 is 0 Å². The van der Waals surface area contributed by atoms with Gasteiger partial charge in [-0.3, -0.25) is 14.2 Å². The van der Waals surface area contributed by atoms with Crippen LogP contribution in [0.1, 0.15) is 22.4 Å². The molecule has 0 bridgehead atoms. The molecule has 0 aliphatic rings. The lowest BCUT2D eigenvalue weighted by Gasteiger charge is -2.09. The van der Waals surface area contributed by atoms with Crippen molar-refractivity contribution in [1.29, 1.82) is 0 Å². The third kappa shape index (κ3) is 4.64. The predicted molar refractivity (Wildman–Crippen MR) is 122 cm³/mol. The zero-order chi connectivity index (χ0) is 22.0. The van der Waals surface area contributed by atoms with Crippen LogP contribution in [0.2, 0.25) is 0 Å². The van der Waals surface area contributed by atoms with Crippen molar-refractivity contribution in [2.24, 2.45) is 0 Å². The molecule has 7 nitrogen and oxygen atoms in total. The van der Waals surface area contributed by atoms with Gasteiger partial charge in [-0.05, 0) is 56.2 Å². The van der Waals surface area contributed by atoms with Crippen molar-refractivity contribution in [1.82, 2.24) is 14.5 Å². The summed E-state index contributed by atoms with van der Waals surface area (Å²) in [6.07, 6.45) is 3.42. The van der Waals surface area contributed by atoms with Crippen molar-refractivity contribution in [3.05, 3.63) is 75.3 Å². The molecule has 0 radical (unpaired) electrons. The summed E-state index contributed by atoms with van der Waals surface area (Å²) < 4.78 is 7.18. The number of ether oxygens (including phenoxy) is 1. The van der Waals surface area contributed by atoms with Gasteiger partial charge in [-0.1, -0.05) is 6.07 Å². The van der Waals surface area contributed by atoms with Gasteiger partial charge in [0, 0.05) is 35.8 Å². The Labute approximate surface area is 183 Å². The van der Waals surface area contributed by atoms with Crippen LogP contribution in [0.15, 0.2) is 53.7 Å². The van der Waals surface area contributed by atoms with Crippen LogP contribution in [0.4, 0.5) is 5.69 Å². The van der Waals surface area contributed by atoms with E-state index in [1.807, 2.05) is 26.8 Å². The molecule has 1 aromatic carbocycles. The maximum absolute atomic E-state index is 12.7. The van der Waals surface area contributed by atoms with Gasteiger partial charge in [0.05, 0.1) is 11.7 Å². The number of nitrogens with zero attached hydrogens (tertiary/aromatic N) is 3. The number of hydrogen-bond acceptors (Lipinski definition) is 6. The first kappa shape index (κ1) is 20.7. The molecule has 0 aliphatic heterocycles. The lowest BCUT2D eigenvalue weighted by atomic mass is 10.2. The third-order valence-electron chi connectivity index (χ3n) is 4.98. The van der Waals surface area contributed by atoms with Crippen molar-refractivity contribution in [2.75, 3.05) is 5.32 Å². The molecule has 1 N–H and O–H groups in total. The van der Waals surface area contributed by atoms with Gasteiger partial charge in [-0.25, -0.2) is 9.97 Å². The Balaban J connectivity index is 1.36. The van der Waals surface area contributed by atoms with E-state index in [9.17, 15) is 9.59 Å². The largest absolute Gasteiger partial charge is 0.439 e. The Morgan fingerprint density at radius 2 is 1.87 bits per heavy atom. The quantitative estimate of drug-likeness (QED) is 0.479. The number of nitrogens with one attached hydrogen (secondary N) is 1. The maximum atomic E-state index is 12.7. The van der Waals surface area contributed by atoms with Gasteiger partial charge < -0.3 is 10.1 Å². The fourth-order valence-corrected chi connectivity index (χ4v) is 4.10. The lowest BCUT2D eigenvalue weighted by Crippen LogP contribution is -2.23. The number of hydrogen-bond donors (Lipinski definition) is 1. The fourth-order valence-electron chi connectivity index (χ4n) is 3.12. The number of anilines is 1. The number of carbonyl (C=O) groups is 1. The van der Waals surface area contributed by atoms with E-state index in [2.05, 4.69) is 15.3 Å². The number of pyridine rings is 1. The minimum absolute atomic E-state index is 0.106. The Kier molecular flexibility index (Phi) is 5.81. The van der Waals surface area contributed by atoms with Crippen LogP contribution >= 0.6 is 11.3 Å². The first-order chi connectivity index (χ1) is 14.9. The molecule has 0 atom stereocenters. The highest BCUT2D eigenvalue weighted by Crippen LogP contribution is 2.25. The highest BCUT2D eigenvalue weighted by molar-refractivity contribution is 7.18. The Bertz CT molecular complexity index is 1290. The van der Waals surface area contributed by atoms with Crippen molar-refractivity contribution in [3.63, 3.8) is 0 Å². The average Bonchev–Trinajstić information content (AvgIpc) is 3.05. The van der Waals surface area contributed by atoms with Gasteiger partial charge in [0.25, 0.3) is 5.56 Å². The van der Waals surface area contributed by atoms with Crippen LogP contribution in [0, 0.1) is 20.8 Å². The van der Waals surface area contributed by atoms with Crippen LogP contribution in [0.25, 0.3) is 10.2 Å². The Morgan fingerprint density at radius 3 is 2.58 bits per heavy atom. The topological polar surface area (TPSA) is 86.1 Å². The summed E-state index contributed by atoms with van der Waals surface area (Å²) in [5.74, 6) is 0.954. The van der Waals surface area contributed by atoms with E-state index in [4.69, 9.17) is 4.74 Å². The zero-order valence-electron chi connectivity index (χ0n) is 17.5. The van der Waals surface area contributed by atoms with Gasteiger partial charge in [-0.15, -0.1) is 11.3 Å². The van der Waals surface area contributed by atoms with Crippen molar-refractivity contribution >= 4 is 33.1 Å². The highest BCUT2D eigenvalue weighted by Gasteiger charge is 2.13. The van der Waals surface area contributed by atoms with Crippen molar-refractivity contribution in [2.45, 2.75) is 33.7 Å². The molecular weight excluding hydrogens is 412 g/mol. The van der Waals surface area contributed by atoms with Gasteiger partial charge in [0.2, 0.25) is 11.8 Å². The third-order valence-corrected chi connectivity index (χ3v) is 6.10. The number of rotatable bonds is 6. The number of fused-ring (bicyclic) bond motifs is 1. The van der Waals surface area contributed by atoms with Crippen molar-refractivity contribution < 1.29 is 9.53 Å². The molecule has 158 valence electrons. The SMILES string of the molecule is Cc1ccc(Oc2ccc(NC(=O)CCn3cnc4sc(C)c(C)c4c3=O)cc2)nc1. The molecule has 0 saturated carbocycles. The molecule has 0 fully saturated rings. The summed E-state index contributed by atoms with van der Waals surface area (Å²) in [4.78, 5) is 35.5. The number of aromatic nitrogens is 3. The Morgan fingerprint density at radius 1 is 1.10 bits per heavy atom. The second kappa shape index (κ2) is 8.69. The summed E-state index contributed by atoms with van der Waals surface area (Å²) in [6, 6.07) is 10.8. The molecule has 0 unspecified atom stereocenters. The first-order valence-corrected chi connectivity index (χ1v) is 10.7. The molecule has 3 heterocycles. The number of thiophene rings is 1. The highest BCUT2D eigenvalue weighted by atomic mass is 32.1. The molecule has 0 aliphatic carbocycles. The normalized spacial score (nSPS) is 10.9. The Hall–Kier alpha value is -3.52. The monoisotopic (exact) mass is 434 g/mol. The average molecular weight is 435 g/mol. The molecule has 8 heteroatoms.